The van der Waals surface area contributed by atoms with Gasteiger partial charge in [0.25, 0.3) is 5.69 Å². The van der Waals surface area contributed by atoms with E-state index >= 15 is 0 Å². The smallest absolute Gasteiger partial charge is 0.326 e. The van der Waals surface area contributed by atoms with E-state index in [9.17, 15) is 23.3 Å². The quantitative estimate of drug-likeness (QED) is 0.300. The van der Waals surface area contributed by atoms with E-state index in [0.29, 0.717) is 5.56 Å². The van der Waals surface area contributed by atoms with Gasteiger partial charge in [0.15, 0.2) is 0 Å². The number of benzene rings is 2. The van der Waals surface area contributed by atoms with Gasteiger partial charge in [0.1, 0.15) is 6.04 Å². The van der Waals surface area contributed by atoms with Crippen LogP contribution in [0, 0.1) is 17.0 Å². The summed E-state index contributed by atoms with van der Waals surface area (Å²) in [6.07, 6.45) is 0. The van der Waals surface area contributed by atoms with Gasteiger partial charge in [-0.2, -0.15) is 4.72 Å². The number of ether oxygens (including phenoxy) is 1. The molecule has 0 aliphatic carbocycles. The van der Waals surface area contributed by atoms with Crippen LogP contribution in [0.25, 0.3) is 0 Å². The van der Waals surface area contributed by atoms with E-state index in [1.807, 2.05) is 6.92 Å². The minimum atomic E-state index is -4.06. The number of non-ortho nitro benzene ring substituents is 1. The minimum absolute atomic E-state index is 0.0278. The van der Waals surface area contributed by atoms with Crippen LogP contribution in [0.2, 0.25) is 0 Å². The molecule has 0 saturated carbocycles. The maximum Gasteiger partial charge on any atom is 0.326 e. The maximum atomic E-state index is 12.7. The summed E-state index contributed by atoms with van der Waals surface area (Å²) in [4.78, 5) is 22.5. The summed E-state index contributed by atoms with van der Waals surface area (Å²) < 4.78 is 32.6. The SMILES string of the molecule is CCOC(=O)[C@H](NS(=O)(=O)c1ccc(C)cc1)[C@H](Cl)c1ccc([N+](=O)[O-])cc1. The number of nitro groups is 1. The third-order valence-electron chi connectivity index (χ3n) is 3.87. The summed E-state index contributed by atoms with van der Waals surface area (Å²) in [6, 6.07) is 9.83. The van der Waals surface area contributed by atoms with E-state index in [4.69, 9.17) is 16.3 Å². The molecule has 10 heteroatoms. The van der Waals surface area contributed by atoms with Crippen molar-refractivity contribution in [3.05, 3.63) is 69.8 Å². The van der Waals surface area contributed by atoms with Crippen LogP contribution >= 0.6 is 11.6 Å². The number of esters is 1. The number of aryl methyl sites for hydroxylation is 1. The Kier molecular flexibility index (Phi) is 7.11. The van der Waals surface area contributed by atoms with Crippen molar-refractivity contribution in [3.63, 3.8) is 0 Å². The highest BCUT2D eigenvalue weighted by Crippen LogP contribution is 2.28. The van der Waals surface area contributed by atoms with Crippen LogP contribution in [0.3, 0.4) is 0 Å². The van der Waals surface area contributed by atoms with Crippen molar-refractivity contribution in [2.75, 3.05) is 6.61 Å². The molecule has 0 amide bonds. The van der Waals surface area contributed by atoms with E-state index < -0.39 is 32.3 Å². The van der Waals surface area contributed by atoms with Crippen molar-refractivity contribution in [1.29, 1.82) is 0 Å². The fourth-order valence-corrected chi connectivity index (χ4v) is 3.97. The Balaban J connectivity index is 2.34. The molecule has 0 bridgehead atoms. The largest absolute Gasteiger partial charge is 0.465 e. The second-order valence-corrected chi connectivity index (χ2v) is 8.10. The van der Waals surface area contributed by atoms with Gasteiger partial charge in [0.2, 0.25) is 10.0 Å². The Labute approximate surface area is 167 Å². The van der Waals surface area contributed by atoms with Crippen molar-refractivity contribution < 1.29 is 22.9 Å². The van der Waals surface area contributed by atoms with Crippen molar-refractivity contribution in [2.24, 2.45) is 0 Å². The first kappa shape index (κ1) is 21.8. The Morgan fingerprint density at radius 3 is 2.25 bits per heavy atom. The molecule has 0 heterocycles. The first-order valence-electron chi connectivity index (χ1n) is 8.29. The van der Waals surface area contributed by atoms with Crippen LogP contribution in [0.1, 0.15) is 23.4 Å². The van der Waals surface area contributed by atoms with Gasteiger partial charge in [-0.25, -0.2) is 8.42 Å². The zero-order chi connectivity index (χ0) is 20.9. The fourth-order valence-electron chi connectivity index (χ4n) is 2.38. The lowest BCUT2D eigenvalue weighted by Gasteiger charge is -2.22. The van der Waals surface area contributed by atoms with Gasteiger partial charge in [-0.1, -0.05) is 29.8 Å². The molecule has 0 fully saturated rings. The molecule has 0 aliphatic rings. The van der Waals surface area contributed by atoms with Crippen molar-refractivity contribution in [2.45, 2.75) is 30.2 Å². The number of hydrogen-bond donors (Lipinski definition) is 1. The average molecular weight is 427 g/mol. The number of carbonyl (C=O) groups excluding carboxylic acids is 1. The normalized spacial score (nSPS) is 13.5. The van der Waals surface area contributed by atoms with E-state index in [0.717, 1.165) is 5.56 Å². The molecular weight excluding hydrogens is 408 g/mol. The third-order valence-corrected chi connectivity index (χ3v) is 5.83. The highest BCUT2D eigenvalue weighted by Gasteiger charge is 2.34. The summed E-state index contributed by atoms with van der Waals surface area (Å²) in [5.74, 6) is -0.850. The van der Waals surface area contributed by atoms with Crippen LogP contribution in [0.15, 0.2) is 53.4 Å². The summed E-state index contributed by atoms with van der Waals surface area (Å²) in [5, 5.41) is 9.65. The van der Waals surface area contributed by atoms with Crippen LogP contribution in [0.4, 0.5) is 5.69 Å². The molecule has 2 rings (SSSR count). The van der Waals surface area contributed by atoms with Crippen molar-refractivity contribution in [1.82, 2.24) is 4.72 Å². The Hall–Kier alpha value is -2.49. The second kappa shape index (κ2) is 9.13. The molecule has 0 aromatic heterocycles. The van der Waals surface area contributed by atoms with Crippen LogP contribution in [-0.4, -0.2) is 32.0 Å². The lowest BCUT2D eigenvalue weighted by molar-refractivity contribution is -0.384. The summed E-state index contributed by atoms with van der Waals surface area (Å²) in [5.41, 5.74) is 1.06. The number of nitrogens with one attached hydrogen (secondary N) is 1. The Morgan fingerprint density at radius 1 is 1.18 bits per heavy atom. The van der Waals surface area contributed by atoms with Gasteiger partial charge >= 0.3 is 5.97 Å². The first-order chi connectivity index (χ1) is 13.2. The molecule has 0 unspecified atom stereocenters. The standard InChI is InChI=1S/C18H19ClN2O6S/c1-3-27-18(22)17(16(19)13-6-8-14(9-7-13)21(23)24)20-28(25,26)15-10-4-12(2)5-11-15/h4-11,16-17,20H,3H2,1-2H3/t16-,17-/m1/s1. The van der Waals surface area contributed by atoms with Gasteiger partial charge in [-0.3, -0.25) is 14.9 Å². The molecule has 2 aromatic carbocycles. The van der Waals surface area contributed by atoms with Crippen LogP contribution in [0.5, 0.6) is 0 Å². The molecule has 150 valence electrons. The van der Waals surface area contributed by atoms with Gasteiger partial charge < -0.3 is 4.74 Å². The van der Waals surface area contributed by atoms with Crippen LogP contribution in [-0.2, 0) is 19.6 Å². The Bertz CT molecular complexity index is 945. The summed E-state index contributed by atoms with van der Waals surface area (Å²) in [6.45, 7) is 3.43. The number of alkyl halides is 1. The third kappa shape index (κ3) is 5.28. The molecule has 28 heavy (non-hydrogen) atoms. The molecule has 1 N–H and O–H groups in total. The monoisotopic (exact) mass is 426 g/mol. The van der Waals surface area contributed by atoms with Gasteiger partial charge in [-0.05, 0) is 31.5 Å². The van der Waals surface area contributed by atoms with Gasteiger partial charge in [0.05, 0.1) is 21.8 Å². The number of nitro benzene ring substituents is 1. The van der Waals surface area contributed by atoms with E-state index in [1.165, 1.54) is 36.4 Å². The van der Waals surface area contributed by atoms with Crippen LogP contribution < -0.4 is 4.72 Å². The number of hydrogen-bond acceptors (Lipinski definition) is 6. The molecule has 0 saturated heterocycles. The highest BCUT2D eigenvalue weighted by molar-refractivity contribution is 7.89. The number of halogens is 1. The summed E-state index contributed by atoms with van der Waals surface area (Å²) >= 11 is 6.36. The maximum absolute atomic E-state index is 12.7. The van der Waals surface area contributed by atoms with Crippen molar-refractivity contribution >= 4 is 33.3 Å². The predicted molar refractivity (Wildman–Crippen MR) is 104 cm³/mol. The molecule has 0 aliphatic heterocycles. The van der Waals surface area contributed by atoms with E-state index in [1.54, 1.807) is 19.1 Å². The zero-order valence-corrected chi connectivity index (χ0v) is 16.7. The molecule has 2 atom stereocenters. The first-order valence-corrected chi connectivity index (χ1v) is 10.2. The Morgan fingerprint density at radius 2 is 1.75 bits per heavy atom. The van der Waals surface area contributed by atoms with E-state index in [-0.39, 0.29) is 17.2 Å². The van der Waals surface area contributed by atoms with Gasteiger partial charge in [0, 0.05) is 12.1 Å². The predicted octanol–water partition coefficient (Wildman–Crippen LogP) is 3.09. The lowest BCUT2D eigenvalue weighted by Crippen LogP contribution is -2.44. The minimum Gasteiger partial charge on any atom is -0.465 e. The number of carbonyl (C=O) groups is 1. The number of rotatable bonds is 8. The topological polar surface area (TPSA) is 116 Å². The number of sulfonamides is 1. The summed E-state index contributed by atoms with van der Waals surface area (Å²) in [7, 11) is -4.06. The average Bonchev–Trinajstić information content (AvgIpc) is 2.66. The van der Waals surface area contributed by atoms with E-state index in [2.05, 4.69) is 4.72 Å². The molecule has 2 aromatic rings. The lowest BCUT2D eigenvalue weighted by atomic mass is 10.1. The number of nitrogens with zero attached hydrogens (tertiary/aromatic N) is 1. The highest BCUT2D eigenvalue weighted by atomic mass is 35.5. The van der Waals surface area contributed by atoms with Gasteiger partial charge in [-0.15, -0.1) is 11.6 Å². The molecular formula is C18H19ClN2O6S. The van der Waals surface area contributed by atoms with Crippen molar-refractivity contribution in [3.8, 4) is 0 Å². The molecule has 8 nitrogen and oxygen atoms in total. The zero-order valence-electron chi connectivity index (χ0n) is 15.2. The fraction of sp³-hybridized carbons (Fsp3) is 0.278. The molecule has 0 radical (unpaired) electrons. The molecule has 0 spiro atoms. The second-order valence-electron chi connectivity index (χ2n) is 5.91.